The summed E-state index contributed by atoms with van der Waals surface area (Å²) >= 11 is 3.32. The Morgan fingerprint density at radius 2 is 2.56 bits per heavy atom. The third-order valence-electron chi connectivity index (χ3n) is 3.00. The Morgan fingerprint density at radius 3 is 3.17 bits per heavy atom. The van der Waals surface area contributed by atoms with Crippen molar-refractivity contribution in [3.8, 4) is 0 Å². The minimum absolute atomic E-state index is 0.146. The Balaban J connectivity index is 2.21. The number of rotatable bonds is 4. The first kappa shape index (κ1) is 13.3. The molecule has 0 amide bonds. The zero-order valence-electron chi connectivity index (χ0n) is 10.2. The summed E-state index contributed by atoms with van der Waals surface area (Å²) < 4.78 is 7.33. The lowest BCUT2D eigenvalue weighted by Crippen LogP contribution is -2.30. The Kier molecular flexibility index (Phi) is 4.19. The predicted octanol–water partition coefficient (Wildman–Crippen LogP) is 1.78. The Labute approximate surface area is 114 Å². The summed E-state index contributed by atoms with van der Waals surface area (Å²) in [5.41, 5.74) is 0.550. The van der Waals surface area contributed by atoms with Crippen molar-refractivity contribution in [2.24, 2.45) is 0 Å². The molecular formula is C12H16BrN3O2. The molecule has 0 spiro atoms. The second kappa shape index (κ2) is 5.67. The first-order valence-electron chi connectivity index (χ1n) is 5.88. The van der Waals surface area contributed by atoms with Crippen LogP contribution in [0, 0.1) is 0 Å². The van der Waals surface area contributed by atoms with E-state index in [1.54, 1.807) is 12.3 Å². The molecule has 1 N–H and O–H groups in total. The van der Waals surface area contributed by atoms with Gasteiger partial charge in [0.1, 0.15) is 4.47 Å². The fourth-order valence-electron chi connectivity index (χ4n) is 1.94. The van der Waals surface area contributed by atoms with Crippen molar-refractivity contribution >= 4 is 21.6 Å². The van der Waals surface area contributed by atoms with Gasteiger partial charge >= 0.3 is 0 Å². The van der Waals surface area contributed by atoms with Crippen LogP contribution < -0.4 is 10.9 Å². The summed E-state index contributed by atoms with van der Waals surface area (Å²) in [5, 5.41) is 7.39. The standard InChI is InChI=1S/C12H16BrN3O2/c1-3-5-16-12(17)11(13)10(7-14-16)15-9-4-6-18-8(9)2/h3,7-9,15H,1,4-6H2,2H3. The molecule has 2 unspecified atom stereocenters. The number of aromatic nitrogens is 2. The first-order chi connectivity index (χ1) is 8.63. The van der Waals surface area contributed by atoms with E-state index >= 15 is 0 Å². The van der Waals surface area contributed by atoms with E-state index in [2.05, 4.69) is 32.9 Å². The largest absolute Gasteiger partial charge is 0.377 e. The van der Waals surface area contributed by atoms with Gasteiger partial charge in [-0.25, -0.2) is 4.68 Å². The summed E-state index contributed by atoms with van der Waals surface area (Å²) in [4.78, 5) is 12.0. The Hall–Kier alpha value is -1.14. The number of halogens is 1. The number of nitrogens with zero attached hydrogens (tertiary/aromatic N) is 2. The molecular weight excluding hydrogens is 298 g/mol. The van der Waals surface area contributed by atoms with Gasteiger partial charge in [0.25, 0.3) is 5.56 Å². The third-order valence-corrected chi connectivity index (χ3v) is 3.77. The summed E-state index contributed by atoms with van der Waals surface area (Å²) in [5.74, 6) is 0. The normalized spacial score (nSPS) is 23.0. The van der Waals surface area contributed by atoms with Crippen LogP contribution in [-0.2, 0) is 11.3 Å². The fraction of sp³-hybridized carbons (Fsp3) is 0.500. The number of nitrogens with one attached hydrogen (secondary N) is 1. The number of ether oxygens (including phenoxy) is 1. The molecule has 1 aromatic rings. The molecule has 0 radical (unpaired) electrons. The maximum absolute atomic E-state index is 12.0. The van der Waals surface area contributed by atoms with Gasteiger partial charge in [0, 0.05) is 6.61 Å². The van der Waals surface area contributed by atoms with Gasteiger partial charge in [0.15, 0.2) is 0 Å². The van der Waals surface area contributed by atoms with Gasteiger partial charge in [-0.1, -0.05) is 6.08 Å². The van der Waals surface area contributed by atoms with Gasteiger partial charge in [-0.05, 0) is 29.3 Å². The molecule has 1 aliphatic heterocycles. The molecule has 1 aliphatic rings. The van der Waals surface area contributed by atoms with Crippen molar-refractivity contribution < 1.29 is 4.74 Å². The van der Waals surface area contributed by atoms with Gasteiger partial charge in [-0.2, -0.15) is 5.10 Å². The Bertz CT molecular complexity index is 501. The lowest BCUT2D eigenvalue weighted by Gasteiger charge is -2.18. The van der Waals surface area contributed by atoms with E-state index in [-0.39, 0.29) is 17.7 Å². The minimum Gasteiger partial charge on any atom is -0.377 e. The van der Waals surface area contributed by atoms with Crippen molar-refractivity contribution in [1.29, 1.82) is 0 Å². The van der Waals surface area contributed by atoms with Crippen LogP contribution in [0.5, 0.6) is 0 Å². The molecule has 2 atom stereocenters. The second-order valence-corrected chi connectivity index (χ2v) is 5.06. The summed E-state index contributed by atoms with van der Waals surface area (Å²) in [6.45, 7) is 6.76. The predicted molar refractivity (Wildman–Crippen MR) is 73.8 cm³/mol. The molecule has 0 saturated carbocycles. The van der Waals surface area contributed by atoms with Crippen LogP contribution in [0.25, 0.3) is 0 Å². The highest BCUT2D eigenvalue weighted by molar-refractivity contribution is 9.10. The molecule has 1 aromatic heterocycles. The van der Waals surface area contributed by atoms with Crippen molar-refractivity contribution in [3.05, 3.63) is 33.7 Å². The second-order valence-electron chi connectivity index (χ2n) is 4.26. The lowest BCUT2D eigenvalue weighted by atomic mass is 10.1. The number of allylic oxidation sites excluding steroid dienone is 1. The van der Waals surface area contributed by atoms with Crippen molar-refractivity contribution in [2.45, 2.75) is 32.0 Å². The quantitative estimate of drug-likeness (QED) is 0.861. The highest BCUT2D eigenvalue weighted by Crippen LogP contribution is 2.22. The third kappa shape index (κ3) is 2.64. The fourth-order valence-corrected chi connectivity index (χ4v) is 2.36. The zero-order chi connectivity index (χ0) is 13.1. The summed E-state index contributed by atoms with van der Waals surface area (Å²) in [6.07, 6.45) is 4.37. The lowest BCUT2D eigenvalue weighted by molar-refractivity contribution is 0.121. The smallest absolute Gasteiger partial charge is 0.283 e. The van der Waals surface area contributed by atoms with Crippen molar-refractivity contribution in [2.75, 3.05) is 11.9 Å². The Morgan fingerprint density at radius 1 is 1.78 bits per heavy atom. The topological polar surface area (TPSA) is 56.1 Å². The molecule has 2 rings (SSSR count). The molecule has 0 aliphatic carbocycles. The van der Waals surface area contributed by atoms with E-state index in [0.29, 0.717) is 16.7 Å². The summed E-state index contributed by atoms with van der Waals surface area (Å²) in [7, 11) is 0. The number of hydrogen-bond donors (Lipinski definition) is 1. The van der Waals surface area contributed by atoms with Gasteiger partial charge in [-0.3, -0.25) is 4.79 Å². The monoisotopic (exact) mass is 313 g/mol. The maximum atomic E-state index is 12.0. The van der Waals surface area contributed by atoms with Crippen molar-refractivity contribution in [1.82, 2.24) is 9.78 Å². The molecule has 2 heterocycles. The molecule has 18 heavy (non-hydrogen) atoms. The van der Waals surface area contributed by atoms with Crippen LogP contribution in [-0.4, -0.2) is 28.5 Å². The number of anilines is 1. The maximum Gasteiger partial charge on any atom is 0.283 e. The van der Waals surface area contributed by atoms with E-state index < -0.39 is 0 Å². The molecule has 98 valence electrons. The van der Waals surface area contributed by atoms with Crippen LogP contribution >= 0.6 is 15.9 Å². The van der Waals surface area contributed by atoms with E-state index in [0.717, 1.165) is 13.0 Å². The average Bonchev–Trinajstić information content (AvgIpc) is 2.75. The van der Waals surface area contributed by atoms with Crippen LogP contribution in [0.3, 0.4) is 0 Å². The van der Waals surface area contributed by atoms with E-state index in [9.17, 15) is 4.79 Å². The highest BCUT2D eigenvalue weighted by atomic mass is 79.9. The van der Waals surface area contributed by atoms with E-state index in [1.165, 1.54) is 4.68 Å². The molecule has 1 saturated heterocycles. The van der Waals surface area contributed by atoms with Crippen molar-refractivity contribution in [3.63, 3.8) is 0 Å². The van der Waals surface area contributed by atoms with Crippen LogP contribution in [0.1, 0.15) is 13.3 Å². The highest BCUT2D eigenvalue weighted by Gasteiger charge is 2.25. The van der Waals surface area contributed by atoms with E-state index in [4.69, 9.17) is 4.74 Å². The molecule has 5 nitrogen and oxygen atoms in total. The van der Waals surface area contributed by atoms with E-state index in [1.807, 2.05) is 6.92 Å². The molecule has 6 heteroatoms. The average molecular weight is 314 g/mol. The SMILES string of the molecule is C=CCn1ncc(NC2CCOC2C)c(Br)c1=O. The van der Waals surface area contributed by atoms with Gasteiger partial charge in [0.05, 0.1) is 30.6 Å². The van der Waals surface area contributed by atoms with Crippen LogP contribution in [0.2, 0.25) is 0 Å². The van der Waals surface area contributed by atoms with Gasteiger partial charge in [0.2, 0.25) is 0 Å². The molecule has 1 fully saturated rings. The summed E-state index contributed by atoms with van der Waals surface area (Å²) in [6, 6.07) is 0.220. The van der Waals surface area contributed by atoms with Gasteiger partial charge < -0.3 is 10.1 Å². The molecule has 0 bridgehead atoms. The zero-order valence-corrected chi connectivity index (χ0v) is 11.8. The van der Waals surface area contributed by atoms with Crippen LogP contribution in [0.4, 0.5) is 5.69 Å². The minimum atomic E-state index is -0.161. The number of hydrogen-bond acceptors (Lipinski definition) is 4. The molecule has 0 aromatic carbocycles. The van der Waals surface area contributed by atoms with Gasteiger partial charge in [-0.15, -0.1) is 6.58 Å². The van der Waals surface area contributed by atoms with Crippen LogP contribution in [0.15, 0.2) is 28.1 Å². The first-order valence-corrected chi connectivity index (χ1v) is 6.67.